The largest absolute Gasteiger partial charge is 0.489 e. The Hall–Kier alpha value is -2.20. The second-order valence-corrected chi connectivity index (χ2v) is 4.10. The van der Waals surface area contributed by atoms with E-state index in [1.807, 2.05) is 0 Å². The van der Waals surface area contributed by atoms with E-state index in [-0.39, 0.29) is 5.56 Å². The Bertz CT molecular complexity index is 1090. The minimum Gasteiger partial charge on any atom is -0.489 e. The summed E-state index contributed by atoms with van der Waals surface area (Å²) in [4.78, 5) is 11.9. The van der Waals surface area contributed by atoms with Crippen molar-refractivity contribution in [3.8, 4) is 5.75 Å². The first-order chi connectivity index (χ1) is 15.3. The quantitative estimate of drug-likeness (QED) is 0.850. The Labute approximate surface area is 147 Å². The van der Waals surface area contributed by atoms with E-state index in [9.17, 15) is 9.18 Å². The Morgan fingerprint density at radius 1 is 1.45 bits per heavy atom. The van der Waals surface area contributed by atoms with Crippen LogP contribution in [0.15, 0.2) is 48.4 Å². The number of carbonyl (C=O) groups is 1. The molecule has 0 unspecified atom stereocenters. The summed E-state index contributed by atoms with van der Waals surface area (Å²) in [6.07, 6.45) is 0. The Balaban J connectivity index is 2.62. The summed E-state index contributed by atoms with van der Waals surface area (Å²) in [7, 11) is 0. The molecular weight excluding hydrogens is 281 g/mol. The molecule has 0 amide bonds. The lowest BCUT2D eigenvalue weighted by Crippen LogP contribution is -2.31. The zero-order valence-corrected chi connectivity index (χ0v) is 11.5. The van der Waals surface area contributed by atoms with Gasteiger partial charge in [-0.05, 0) is 49.1 Å². The number of nitrogens with one attached hydrogen (secondary N) is 1. The van der Waals surface area contributed by atoms with Gasteiger partial charge in [0.05, 0.1) is 15.6 Å². The van der Waals surface area contributed by atoms with Crippen LogP contribution in [0.25, 0.3) is 0 Å². The molecule has 2 rings (SSSR count). The monoisotopic (exact) mass is 313 g/mol. The van der Waals surface area contributed by atoms with Crippen LogP contribution in [0.2, 0.25) is 0 Å². The summed E-state index contributed by atoms with van der Waals surface area (Å²) in [6, 6.07) is -3.14. The number of rotatable bonds is 7. The highest BCUT2D eigenvalue weighted by Crippen LogP contribution is 2.15. The van der Waals surface area contributed by atoms with E-state index in [0.29, 0.717) is 0 Å². The fourth-order valence-electron chi connectivity index (χ4n) is 1.29. The van der Waals surface area contributed by atoms with Crippen LogP contribution in [0.4, 0.5) is 4.39 Å². The fraction of sp³-hybridized carbons (Fsp3) is 0.278. The van der Waals surface area contributed by atoms with E-state index in [1.165, 1.54) is 12.1 Å². The first-order valence-corrected chi connectivity index (χ1v) is 6.12. The summed E-state index contributed by atoms with van der Waals surface area (Å²) in [5.41, 5.74) is -1.35. The Morgan fingerprint density at radius 2 is 2.23 bits per heavy atom. The van der Waals surface area contributed by atoms with Crippen LogP contribution < -0.4 is 10.1 Å². The number of hydrogen-bond acceptors (Lipinski definition) is 3. The van der Waals surface area contributed by atoms with Gasteiger partial charge in [-0.2, -0.15) is 0 Å². The van der Waals surface area contributed by atoms with Crippen LogP contribution in [0.1, 0.15) is 41.4 Å². The number of benzene rings is 2. The number of ether oxygens (including phenoxy) is 1. The third-order valence-corrected chi connectivity index (χ3v) is 2.36. The van der Waals surface area contributed by atoms with Crippen LogP contribution in [-0.2, 0) is 17.9 Å². The number of Topliss-reactive ketones (excluding diaryl/α,β-unsaturated/α-hetero) is 1. The van der Waals surface area contributed by atoms with Gasteiger partial charge in [0, 0.05) is 13.4 Å². The van der Waals surface area contributed by atoms with Gasteiger partial charge in [-0.15, -0.1) is 0 Å². The van der Waals surface area contributed by atoms with Crippen LogP contribution >= 0.6 is 0 Å². The van der Waals surface area contributed by atoms with E-state index in [4.69, 9.17) is 21.2 Å². The summed E-state index contributed by atoms with van der Waals surface area (Å²) >= 11 is 0. The van der Waals surface area contributed by atoms with E-state index in [1.54, 1.807) is 5.32 Å². The van der Waals surface area contributed by atoms with Crippen molar-refractivity contribution in [1.82, 2.24) is 5.32 Å². The summed E-state index contributed by atoms with van der Waals surface area (Å²) in [5, 5.41) is 1.69. The highest BCUT2D eigenvalue weighted by Gasteiger charge is 2.06. The molecule has 0 spiro atoms. The summed E-state index contributed by atoms with van der Waals surface area (Å²) in [6.45, 7) is -8.64. The van der Waals surface area contributed by atoms with E-state index in [2.05, 4.69) is 0 Å². The van der Waals surface area contributed by atoms with Crippen molar-refractivity contribution < 1.29 is 30.4 Å². The molecule has 0 aromatic heterocycles. The zero-order chi connectivity index (χ0) is 26.4. The number of carbonyl (C=O) groups excluding carboxylic acids is 1. The van der Waals surface area contributed by atoms with Gasteiger partial charge in [0.15, 0.2) is 0 Å². The van der Waals surface area contributed by atoms with Gasteiger partial charge in [-0.3, -0.25) is 4.79 Å². The fourth-order valence-corrected chi connectivity index (χ4v) is 1.29. The first-order valence-electron chi connectivity index (χ1n) is 12.1. The molecule has 0 aliphatic rings. The maximum Gasteiger partial charge on any atom is 0.146 e. The molecule has 4 heteroatoms. The molecule has 0 saturated heterocycles. The lowest BCUT2D eigenvalue weighted by molar-refractivity contribution is -0.118. The van der Waals surface area contributed by atoms with Crippen molar-refractivity contribution >= 4 is 5.78 Å². The Kier molecular flexibility index (Phi) is 2.28. The zero-order valence-electron chi connectivity index (χ0n) is 23.5. The lowest BCUT2D eigenvalue weighted by atomic mass is 10.2. The molecule has 0 bridgehead atoms. The standard InChI is InChI=1S/C18H20FNO2/c1-13(14(2)21)20-11-15-6-8-18(9-7-15)22-12-16-4-3-5-17(19)10-16/h3-10,13,20H,11-12H2,1-2H3/t13-/m0/s1/i1D3,6D,7D,8D,9D,11D2,12D2,13D. The first kappa shape index (κ1) is 6.50. The topological polar surface area (TPSA) is 38.3 Å². The molecule has 0 aliphatic heterocycles. The molecule has 116 valence electrons. The molecule has 1 N–H and O–H groups in total. The van der Waals surface area contributed by atoms with Gasteiger partial charge in [0.1, 0.15) is 23.9 Å². The molecule has 2 aromatic rings. The number of hydrogen-bond donors (Lipinski definition) is 1. The van der Waals surface area contributed by atoms with Crippen LogP contribution in [0.3, 0.4) is 0 Å². The van der Waals surface area contributed by atoms with Crippen molar-refractivity contribution in [2.45, 2.75) is 32.8 Å². The summed E-state index contributed by atoms with van der Waals surface area (Å²) < 4.78 is 114. The van der Waals surface area contributed by atoms with E-state index in [0.717, 1.165) is 19.1 Å². The van der Waals surface area contributed by atoms with Gasteiger partial charge in [-0.1, -0.05) is 24.2 Å². The third kappa shape index (κ3) is 4.97. The van der Waals surface area contributed by atoms with Crippen molar-refractivity contribution in [2.75, 3.05) is 0 Å². The molecule has 0 fully saturated rings. The smallest absolute Gasteiger partial charge is 0.146 e. The molecule has 0 radical (unpaired) electrons. The van der Waals surface area contributed by atoms with Crippen molar-refractivity contribution in [3.63, 3.8) is 0 Å². The minimum atomic E-state index is -3.35. The molecule has 0 heterocycles. The van der Waals surface area contributed by atoms with Crippen molar-refractivity contribution in [1.29, 1.82) is 0 Å². The molecule has 22 heavy (non-hydrogen) atoms. The maximum absolute atomic E-state index is 13.5. The predicted octanol–water partition coefficient (Wildman–Crippen LogP) is 3.47. The third-order valence-electron chi connectivity index (χ3n) is 2.36. The van der Waals surface area contributed by atoms with E-state index >= 15 is 0 Å². The van der Waals surface area contributed by atoms with Crippen LogP contribution in [0, 0.1) is 5.82 Å². The van der Waals surface area contributed by atoms with Crippen molar-refractivity contribution in [3.05, 3.63) is 65.4 Å². The highest BCUT2D eigenvalue weighted by atomic mass is 19.1. The van der Waals surface area contributed by atoms with E-state index < -0.39 is 73.0 Å². The lowest BCUT2D eigenvalue weighted by Gasteiger charge is -2.11. The molecular formula is C18H20FNO2. The number of halogens is 1. The average molecular weight is 313 g/mol. The average Bonchev–Trinajstić information content (AvgIpc) is 2.68. The van der Waals surface area contributed by atoms with Gasteiger partial charge < -0.3 is 10.1 Å². The van der Waals surface area contributed by atoms with Gasteiger partial charge in [0.2, 0.25) is 0 Å². The SMILES string of the molecule is [2H]c1c([2H])c(C([2H])([2H])N[C@]([2H])(C(C)=O)C([2H])([2H])[2H])c([2H])c([2H])c1OC([2H])([2H])c1cccc(F)c1. The number of ketones is 1. The van der Waals surface area contributed by atoms with Crippen LogP contribution in [0.5, 0.6) is 5.75 Å². The molecule has 0 aliphatic carbocycles. The minimum absolute atomic E-state index is 0.330. The molecule has 2 aromatic carbocycles. The second kappa shape index (κ2) is 7.71. The predicted molar refractivity (Wildman–Crippen MR) is 84.2 cm³/mol. The maximum atomic E-state index is 13.5. The highest BCUT2D eigenvalue weighted by molar-refractivity contribution is 5.80. The van der Waals surface area contributed by atoms with Crippen LogP contribution in [-0.4, -0.2) is 11.8 Å². The van der Waals surface area contributed by atoms with Gasteiger partial charge in [0.25, 0.3) is 0 Å². The Morgan fingerprint density at radius 3 is 2.86 bits per heavy atom. The summed E-state index contributed by atoms with van der Waals surface area (Å²) in [5.74, 6) is -2.99. The van der Waals surface area contributed by atoms with Gasteiger partial charge >= 0.3 is 0 Å². The molecule has 3 nitrogen and oxygen atoms in total. The molecule has 1 atom stereocenters. The van der Waals surface area contributed by atoms with Gasteiger partial charge in [-0.25, -0.2) is 4.39 Å². The van der Waals surface area contributed by atoms with Crippen molar-refractivity contribution in [2.24, 2.45) is 0 Å². The molecule has 0 saturated carbocycles. The normalized spacial score (nSPS) is 23.2. The second-order valence-electron chi connectivity index (χ2n) is 4.10.